The zero-order chi connectivity index (χ0) is 21.7. The molecule has 0 aliphatic carbocycles. The van der Waals surface area contributed by atoms with Gasteiger partial charge in [-0.15, -0.1) is 0 Å². The molecule has 0 unspecified atom stereocenters. The van der Waals surface area contributed by atoms with Gasteiger partial charge in [-0.3, -0.25) is 14.5 Å². The molecule has 0 aromatic heterocycles. The van der Waals surface area contributed by atoms with Gasteiger partial charge in [0.2, 0.25) is 11.8 Å². The fourth-order valence-corrected chi connectivity index (χ4v) is 3.99. The van der Waals surface area contributed by atoms with E-state index >= 15 is 0 Å². The summed E-state index contributed by atoms with van der Waals surface area (Å²) in [6.07, 6.45) is 0.0447. The number of carbonyl (C=O) groups is 3. The highest BCUT2D eigenvalue weighted by atomic mass is 32.2. The Kier molecular flexibility index (Phi) is 6.73. The smallest absolute Gasteiger partial charge is 0.238 e. The van der Waals surface area contributed by atoms with Crippen LogP contribution in [0.3, 0.4) is 0 Å². The number of amides is 2. The van der Waals surface area contributed by atoms with Crippen molar-refractivity contribution in [2.45, 2.75) is 18.6 Å². The minimum atomic E-state index is -1.29. The molecule has 1 heterocycles. The number of hydrogen-bond acceptors (Lipinski definition) is 7. The van der Waals surface area contributed by atoms with Crippen molar-refractivity contribution >= 4 is 46.1 Å². The summed E-state index contributed by atoms with van der Waals surface area (Å²) in [5.41, 5.74) is 1.09. The number of ether oxygens (including phenoxy) is 1. The van der Waals surface area contributed by atoms with Gasteiger partial charge in [0.25, 0.3) is 0 Å². The van der Waals surface area contributed by atoms with E-state index in [-0.39, 0.29) is 23.8 Å². The van der Waals surface area contributed by atoms with Crippen LogP contribution in [-0.4, -0.2) is 46.8 Å². The second-order valence-electron chi connectivity index (χ2n) is 6.40. The van der Waals surface area contributed by atoms with Gasteiger partial charge in [0.05, 0.1) is 18.8 Å². The zero-order valence-electron chi connectivity index (χ0n) is 16.5. The molecule has 2 aromatic rings. The van der Waals surface area contributed by atoms with Crippen molar-refractivity contribution in [2.75, 3.05) is 19.0 Å². The van der Waals surface area contributed by atoms with Crippen LogP contribution >= 0.6 is 11.8 Å². The average Bonchev–Trinajstić information content (AvgIpc) is 2.74. The molecule has 30 heavy (non-hydrogen) atoms. The Labute approximate surface area is 177 Å². The number of amidine groups is 1. The number of benzene rings is 2. The lowest BCUT2D eigenvalue weighted by Gasteiger charge is -2.30. The summed E-state index contributed by atoms with van der Waals surface area (Å²) >= 11 is 1.22. The van der Waals surface area contributed by atoms with E-state index in [1.165, 1.54) is 36.0 Å². The second-order valence-corrected chi connectivity index (χ2v) is 7.56. The summed E-state index contributed by atoms with van der Waals surface area (Å²) in [5.74, 6) is -1.13. The van der Waals surface area contributed by atoms with Crippen LogP contribution < -0.4 is 15.2 Å². The zero-order valence-corrected chi connectivity index (χ0v) is 17.3. The summed E-state index contributed by atoms with van der Waals surface area (Å²) in [6.45, 7) is 2.29. The van der Waals surface area contributed by atoms with E-state index < -0.39 is 11.2 Å². The van der Waals surface area contributed by atoms with Gasteiger partial charge in [0, 0.05) is 18.7 Å². The number of aliphatic imine (C=N–C) groups is 1. The average molecular weight is 426 g/mol. The van der Waals surface area contributed by atoms with E-state index in [1.807, 2.05) is 6.92 Å². The maximum Gasteiger partial charge on any atom is 0.238 e. The van der Waals surface area contributed by atoms with Gasteiger partial charge >= 0.3 is 0 Å². The molecule has 0 saturated carbocycles. The second kappa shape index (κ2) is 9.45. The van der Waals surface area contributed by atoms with Gasteiger partial charge in [0.15, 0.2) is 5.17 Å². The van der Waals surface area contributed by atoms with Gasteiger partial charge < -0.3 is 20.0 Å². The molecule has 9 heteroatoms. The van der Waals surface area contributed by atoms with E-state index in [0.29, 0.717) is 28.8 Å². The first-order valence-electron chi connectivity index (χ1n) is 9.23. The van der Waals surface area contributed by atoms with Crippen molar-refractivity contribution in [3.05, 3.63) is 54.1 Å². The number of methoxy groups -OCH3 is 1. The molecule has 1 atom stereocenters. The van der Waals surface area contributed by atoms with E-state index in [0.717, 1.165) is 0 Å². The normalized spacial score (nSPS) is 17.7. The van der Waals surface area contributed by atoms with Crippen LogP contribution in [-0.2, 0) is 9.59 Å². The van der Waals surface area contributed by atoms with E-state index in [9.17, 15) is 19.5 Å². The minimum Gasteiger partial charge on any atom is -0.545 e. The number of aromatic carboxylic acids is 1. The lowest BCUT2D eigenvalue weighted by molar-refractivity contribution is -0.255. The first kappa shape index (κ1) is 21.4. The van der Waals surface area contributed by atoms with Crippen LogP contribution in [0.2, 0.25) is 0 Å². The van der Waals surface area contributed by atoms with Crippen molar-refractivity contribution in [2.24, 2.45) is 4.99 Å². The Morgan fingerprint density at radius 3 is 2.43 bits per heavy atom. The molecule has 1 aliphatic heterocycles. The van der Waals surface area contributed by atoms with Crippen LogP contribution in [0, 0.1) is 0 Å². The molecule has 2 amide bonds. The predicted molar refractivity (Wildman–Crippen MR) is 113 cm³/mol. The van der Waals surface area contributed by atoms with Crippen molar-refractivity contribution in [1.29, 1.82) is 0 Å². The lowest BCUT2D eigenvalue weighted by Crippen LogP contribution is -2.45. The third-order valence-electron chi connectivity index (χ3n) is 4.43. The Hall–Kier alpha value is -3.33. The summed E-state index contributed by atoms with van der Waals surface area (Å²) in [7, 11) is 1.57. The van der Waals surface area contributed by atoms with Crippen LogP contribution in [0.15, 0.2) is 53.5 Å². The molecule has 0 radical (unpaired) electrons. The van der Waals surface area contributed by atoms with Crippen molar-refractivity contribution in [1.82, 2.24) is 4.90 Å². The molecule has 1 aliphatic rings. The number of nitrogens with one attached hydrogen (secondary N) is 1. The topological polar surface area (TPSA) is 111 Å². The summed E-state index contributed by atoms with van der Waals surface area (Å²) in [6, 6.07) is 12.7. The quantitative estimate of drug-likeness (QED) is 0.757. The van der Waals surface area contributed by atoms with Gasteiger partial charge in [0.1, 0.15) is 11.0 Å². The molecular weight excluding hydrogens is 406 g/mol. The van der Waals surface area contributed by atoms with Crippen molar-refractivity contribution in [3.63, 3.8) is 0 Å². The fraction of sp³-hybridized carbons (Fsp3) is 0.238. The summed E-state index contributed by atoms with van der Waals surface area (Å²) < 4.78 is 5.14. The molecule has 0 bridgehead atoms. The highest BCUT2D eigenvalue weighted by Crippen LogP contribution is 2.30. The number of carboxylic acids is 1. The van der Waals surface area contributed by atoms with Gasteiger partial charge in [-0.2, -0.15) is 0 Å². The monoisotopic (exact) mass is 426 g/mol. The number of carboxylic acid groups (broad SMARTS) is 1. The number of thioether (sulfide) groups is 1. The molecule has 1 N–H and O–H groups in total. The minimum absolute atomic E-state index is 0.0164. The number of hydrogen-bond donors (Lipinski definition) is 1. The Bertz CT molecular complexity index is 973. The van der Waals surface area contributed by atoms with E-state index in [4.69, 9.17) is 4.74 Å². The highest BCUT2D eigenvalue weighted by Gasteiger charge is 2.35. The Balaban J connectivity index is 1.76. The largest absolute Gasteiger partial charge is 0.545 e. The van der Waals surface area contributed by atoms with Crippen LogP contribution in [0.4, 0.5) is 11.4 Å². The third kappa shape index (κ3) is 4.98. The van der Waals surface area contributed by atoms with Gasteiger partial charge in [-0.25, -0.2) is 4.99 Å². The molecular formula is C21H20N3O5S-. The number of nitrogens with zero attached hydrogens (tertiary/aromatic N) is 2. The molecule has 3 rings (SSSR count). The lowest BCUT2D eigenvalue weighted by atomic mass is 10.2. The summed E-state index contributed by atoms with van der Waals surface area (Å²) in [5, 5.41) is 13.3. The van der Waals surface area contributed by atoms with Gasteiger partial charge in [-0.1, -0.05) is 23.9 Å². The Morgan fingerprint density at radius 1 is 1.20 bits per heavy atom. The maximum absolute atomic E-state index is 12.7. The summed E-state index contributed by atoms with van der Waals surface area (Å²) in [4.78, 5) is 42.2. The fourth-order valence-electron chi connectivity index (χ4n) is 2.83. The van der Waals surface area contributed by atoms with Crippen LogP contribution in [0.25, 0.3) is 0 Å². The highest BCUT2D eigenvalue weighted by molar-refractivity contribution is 8.15. The Morgan fingerprint density at radius 2 is 1.87 bits per heavy atom. The van der Waals surface area contributed by atoms with Crippen molar-refractivity contribution < 1.29 is 24.2 Å². The first-order valence-corrected chi connectivity index (χ1v) is 10.1. The first-order chi connectivity index (χ1) is 14.4. The molecule has 1 fully saturated rings. The number of anilines is 1. The maximum atomic E-state index is 12.7. The number of rotatable bonds is 6. The molecule has 2 aromatic carbocycles. The molecule has 156 valence electrons. The van der Waals surface area contributed by atoms with E-state index in [1.54, 1.807) is 36.3 Å². The third-order valence-corrected chi connectivity index (χ3v) is 5.62. The standard InChI is InChI=1S/C21H21N3O5S/c1-3-24-18(25)12-17(19(26)22-14-6-4-13(5-7-14)20(27)28)30-21(24)23-15-8-10-16(29-2)11-9-15/h4-11,17H,3,12H2,1-2H3,(H,22,26)(H,27,28)/p-1/t17-/m1/s1. The van der Waals surface area contributed by atoms with Crippen LogP contribution in [0.1, 0.15) is 23.7 Å². The number of carbonyl (C=O) groups excluding carboxylic acids is 3. The molecule has 8 nitrogen and oxygen atoms in total. The van der Waals surface area contributed by atoms with E-state index in [2.05, 4.69) is 10.3 Å². The van der Waals surface area contributed by atoms with Crippen LogP contribution in [0.5, 0.6) is 5.75 Å². The predicted octanol–water partition coefficient (Wildman–Crippen LogP) is 2.04. The van der Waals surface area contributed by atoms with Gasteiger partial charge in [-0.05, 0) is 48.9 Å². The SMILES string of the molecule is CCN1C(=O)C[C@H](C(=O)Nc2ccc(C(=O)[O-])cc2)SC1=Nc1ccc(OC)cc1. The molecule has 1 saturated heterocycles. The molecule has 0 spiro atoms. The van der Waals surface area contributed by atoms with Crippen molar-refractivity contribution in [3.8, 4) is 5.75 Å².